The minimum absolute atomic E-state index is 0.00503. The number of aromatic nitrogens is 6. The Bertz CT molecular complexity index is 858. The Morgan fingerprint density at radius 3 is 2.52 bits per heavy atom. The molecule has 0 unspecified atom stereocenters. The second kappa shape index (κ2) is 6.06. The average molecular weight is 337 g/mol. The van der Waals surface area contributed by atoms with Crippen molar-refractivity contribution >= 4 is 11.5 Å². The Morgan fingerprint density at radius 1 is 1.04 bits per heavy atom. The van der Waals surface area contributed by atoms with E-state index in [1.54, 1.807) is 12.4 Å². The van der Waals surface area contributed by atoms with E-state index in [-0.39, 0.29) is 5.41 Å². The standard InChI is InChI=1S/C18H23N7/c1-18(2,3)14-4-5-15-21-22-17(25(15)23-14)13-6-10-24(11-7-13)16-12-19-8-9-20-16/h4-5,8-9,12-13H,6-7,10-11H2,1-3H3. The highest BCUT2D eigenvalue weighted by atomic mass is 15.4. The van der Waals surface area contributed by atoms with Gasteiger partial charge in [-0.2, -0.15) is 9.61 Å². The summed E-state index contributed by atoms with van der Waals surface area (Å²) in [5.41, 5.74) is 1.88. The van der Waals surface area contributed by atoms with Crippen molar-refractivity contribution in [3.63, 3.8) is 0 Å². The average Bonchev–Trinajstić information content (AvgIpc) is 3.05. The summed E-state index contributed by atoms with van der Waals surface area (Å²) in [6, 6.07) is 4.06. The summed E-state index contributed by atoms with van der Waals surface area (Å²) in [5.74, 6) is 2.28. The molecule has 0 spiro atoms. The molecular formula is C18H23N7. The minimum Gasteiger partial charge on any atom is -0.355 e. The number of piperidine rings is 1. The zero-order chi connectivity index (χ0) is 17.4. The van der Waals surface area contributed by atoms with E-state index in [0.29, 0.717) is 5.92 Å². The molecule has 4 heterocycles. The molecule has 7 nitrogen and oxygen atoms in total. The molecule has 1 saturated heterocycles. The lowest BCUT2D eigenvalue weighted by atomic mass is 9.92. The SMILES string of the molecule is CC(C)(C)c1ccc2nnc(C3CCN(c4cnccn4)CC3)n2n1. The van der Waals surface area contributed by atoms with Crippen LogP contribution in [0.25, 0.3) is 5.65 Å². The van der Waals surface area contributed by atoms with Gasteiger partial charge < -0.3 is 4.90 Å². The molecule has 3 aromatic heterocycles. The van der Waals surface area contributed by atoms with Crippen molar-refractivity contribution in [1.29, 1.82) is 0 Å². The van der Waals surface area contributed by atoms with E-state index >= 15 is 0 Å². The fourth-order valence-corrected chi connectivity index (χ4v) is 3.28. The topological polar surface area (TPSA) is 72.1 Å². The zero-order valence-corrected chi connectivity index (χ0v) is 14.9. The summed E-state index contributed by atoms with van der Waals surface area (Å²) in [5, 5.41) is 13.6. The second-order valence-corrected chi connectivity index (χ2v) is 7.62. The Labute approximate surface area is 147 Å². The molecule has 0 aliphatic carbocycles. The molecule has 25 heavy (non-hydrogen) atoms. The first-order valence-electron chi connectivity index (χ1n) is 8.76. The van der Waals surface area contributed by atoms with Crippen LogP contribution in [0.3, 0.4) is 0 Å². The highest BCUT2D eigenvalue weighted by molar-refractivity contribution is 5.39. The van der Waals surface area contributed by atoms with Gasteiger partial charge in [-0.3, -0.25) is 4.98 Å². The van der Waals surface area contributed by atoms with E-state index in [0.717, 1.165) is 48.9 Å². The second-order valence-electron chi connectivity index (χ2n) is 7.62. The van der Waals surface area contributed by atoms with Crippen molar-refractivity contribution in [1.82, 2.24) is 29.8 Å². The maximum Gasteiger partial charge on any atom is 0.177 e. The summed E-state index contributed by atoms with van der Waals surface area (Å²) < 4.78 is 1.93. The molecule has 130 valence electrons. The van der Waals surface area contributed by atoms with Gasteiger partial charge in [0.1, 0.15) is 5.82 Å². The van der Waals surface area contributed by atoms with Crippen LogP contribution in [0.15, 0.2) is 30.7 Å². The zero-order valence-electron chi connectivity index (χ0n) is 14.9. The third-order valence-electron chi connectivity index (χ3n) is 4.79. The highest BCUT2D eigenvalue weighted by Crippen LogP contribution is 2.29. The molecule has 1 aliphatic rings. The van der Waals surface area contributed by atoms with Gasteiger partial charge >= 0.3 is 0 Å². The lowest BCUT2D eigenvalue weighted by Gasteiger charge is -2.31. The number of hydrogen-bond donors (Lipinski definition) is 0. The predicted molar refractivity (Wildman–Crippen MR) is 95.7 cm³/mol. The van der Waals surface area contributed by atoms with E-state index in [4.69, 9.17) is 5.10 Å². The molecule has 3 aromatic rings. The third-order valence-corrected chi connectivity index (χ3v) is 4.79. The molecule has 7 heteroatoms. The van der Waals surface area contributed by atoms with Gasteiger partial charge in [0.15, 0.2) is 11.5 Å². The molecule has 0 N–H and O–H groups in total. The number of hydrogen-bond acceptors (Lipinski definition) is 6. The normalized spacial score (nSPS) is 16.5. The lowest BCUT2D eigenvalue weighted by Crippen LogP contribution is -2.34. The monoisotopic (exact) mass is 337 g/mol. The van der Waals surface area contributed by atoms with Crippen LogP contribution >= 0.6 is 0 Å². The Kier molecular flexibility index (Phi) is 3.86. The maximum atomic E-state index is 4.81. The van der Waals surface area contributed by atoms with E-state index in [1.807, 2.05) is 22.8 Å². The molecule has 0 saturated carbocycles. The first-order chi connectivity index (χ1) is 12.0. The molecule has 4 rings (SSSR count). The minimum atomic E-state index is 0.00503. The van der Waals surface area contributed by atoms with Gasteiger partial charge in [-0.1, -0.05) is 20.8 Å². The van der Waals surface area contributed by atoms with E-state index in [2.05, 4.69) is 45.8 Å². The van der Waals surface area contributed by atoms with E-state index < -0.39 is 0 Å². The van der Waals surface area contributed by atoms with Crippen LogP contribution in [-0.4, -0.2) is 42.9 Å². The lowest BCUT2D eigenvalue weighted by molar-refractivity contribution is 0.470. The molecule has 1 fully saturated rings. The summed E-state index contributed by atoms with van der Waals surface area (Å²) in [6.45, 7) is 8.40. The summed E-state index contributed by atoms with van der Waals surface area (Å²) in [7, 11) is 0. The number of nitrogens with zero attached hydrogens (tertiary/aromatic N) is 7. The smallest absolute Gasteiger partial charge is 0.177 e. The summed E-state index contributed by atoms with van der Waals surface area (Å²) >= 11 is 0. The van der Waals surface area contributed by atoms with Crippen LogP contribution in [0, 0.1) is 0 Å². The summed E-state index contributed by atoms with van der Waals surface area (Å²) in [6.07, 6.45) is 7.30. The van der Waals surface area contributed by atoms with Crippen LogP contribution in [-0.2, 0) is 5.41 Å². The Morgan fingerprint density at radius 2 is 1.84 bits per heavy atom. The predicted octanol–water partition coefficient (Wildman–Crippen LogP) is 2.60. The summed E-state index contributed by atoms with van der Waals surface area (Å²) in [4.78, 5) is 10.8. The van der Waals surface area contributed by atoms with Crippen LogP contribution in [0.4, 0.5) is 5.82 Å². The van der Waals surface area contributed by atoms with Gasteiger partial charge in [-0.05, 0) is 25.0 Å². The first kappa shape index (κ1) is 15.9. The Hall–Kier alpha value is -2.57. The van der Waals surface area contributed by atoms with Gasteiger partial charge in [-0.15, -0.1) is 10.2 Å². The van der Waals surface area contributed by atoms with Gasteiger partial charge in [0, 0.05) is 36.8 Å². The number of rotatable bonds is 2. The van der Waals surface area contributed by atoms with Gasteiger partial charge in [0.2, 0.25) is 0 Å². The molecule has 0 bridgehead atoms. The van der Waals surface area contributed by atoms with Crippen molar-refractivity contribution in [3.05, 3.63) is 42.2 Å². The Balaban J connectivity index is 1.57. The number of anilines is 1. The molecule has 0 atom stereocenters. The van der Waals surface area contributed by atoms with Crippen LogP contribution < -0.4 is 4.90 Å². The van der Waals surface area contributed by atoms with Gasteiger partial charge in [0.25, 0.3) is 0 Å². The van der Waals surface area contributed by atoms with E-state index in [1.165, 1.54) is 0 Å². The molecule has 1 aliphatic heterocycles. The first-order valence-corrected chi connectivity index (χ1v) is 8.76. The van der Waals surface area contributed by atoms with Crippen molar-refractivity contribution < 1.29 is 0 Å². The van der Waals surface area contributed by atoms with Crippen molar-refractivity contribution in [2.24, 2.45) is 0 Å². The number of fused-ring (bicyclic) bond motifs is 1. The molecule has 0 amide bonds. The van der Waals surface area contributed by atoms with Crippen molar-refractivity contribution in [2.75, 3.05) is 18.0 Å². The van der Waals surface area contributed by atoms with Crippen LogP contribution in [0.1, 0.15) is 51.0 Å². The van der Waals surface area contributed by atoms with Gasteiger partial charge in [0.05, 0.1) is 11.9 Å². The van der Waals surface area contributed by atoms with Crippen LogP contribution in [0.2, 0.25) is 0 Å². The quantitative estimate of drug-likeness (QED) is 0.716. The van der Waals surface area contributed by atoms with Crippen molar-refractivity contribution in [3.8, 4) is 0 Å². The van der Waals surface area contributed by atoms with E-state index in [9.17, 15) is 0 Å². The third kappa shape index (κ3) is 3.06. The fourth-order valence-electron chi connectivity index (χ4n) is 3.28. The largest absolute Gasteiger partial charge is 0.355 e. The van der Waals surface area contributed by atoms with Crippen LogP contribution in [0.5, 0.6) is 0 Å². The molecular weight excluding hydrogens is 314 g/mol. The van der Waals surface area contributed by atoms with Crippen molar-refractivity contribution in [2.45, 2.75) is 44.9 Å². The molecule has 0 radical (unpaired) electrons. The maximum absolute atomic E-state index is 4.81. The highest BCUT2D eigenvalue weighted by Gasteiger charge is 2.26. The van der Waals surface area contributed by atoms with Gasteiger partial charge in [-0.25, -0.2) is 4.98 Å². The fraction of sp³-hybridized carbons (Fsp3) is 0.500. The molecule has 0 aromatic carbocycles.